The summed E-state index contributed by atoms with van der Waals surface area (Å²) in [6.45, 7) is 0.688. The first-order valence-electron chi connectivity index (χ1n) is 9.17. The molecular weight excluding hydrogens is 340 g/mol. The molecule has 1 aliphatic rings. The maximum absolute atomic E-state index is 13.3. The van der Waals surface area contributed by atoms with E-state index in [1.54, 1.807) is 4.90 Å². The number of carbonyl (C=O) groups excluding carboxylic acids is 2. The zero-order valence-electron chi connectivity index (χ0n) is 15.3. The topological polar surface area (TPSA) is 51.5 Å². The van der Waals surface area contributed by atoms with E-state index >= 15 is 0 Å². The fraction of sp³-hybridized carbons (Fsp3) is 0.273. The van der Waals surface area contributed by atoms with Gasteiger partial charge in [-0.25, -0.2) is 0 Å². The number of carbonyl (C=O) groups is 2. The van der Waals surface area contributed by atoms with Gasteiger partial charge in [0.15, 0.2) is 0 Å². The standard InChI is InChI=1S/C22H22N2O3/c1-27-21(25)15-24(17-11-12-17)22(26)19-14-23(13-16-7-3-2-4-8-16)20-10-6-5-9-18(19)20/h2-10,14,17H,11-13,15H2,1H3. The quantitative estimate of drug-likeness (QED) is 0.631. The van der Waals surface area contributed by atoms with E-state index in [2.05, 4.69) is 16.7 Å². The minimum absolute atomic E-state index is 0.00179. The summed E-state index contributed by atoms with van der Waals surface area (Å²) < 4.78 is 6.88. The zero-order chi connectivity index (χ0) is 18.8. The van der Waals surface area contributed by atoms with Gasteiger partial charge < -0.3 is 14.2 Å². The van der Waals surface area contributed by atoms with Gasteiger partial charge in [0.2, 0.25) is 0 Å². The minimum Gasteiger partial charge on any atom is -0.468 e. The normalized spacial score (nSPS) is 13.5. The van der Waals surface area contributed by atoms with Crippen LogP contribution in [0.25, 0.3) is 10.9 Å². The lowest BCUT2D eigenvalue weighted by Crippen LogP contribution is -2.37. The Morgan fingerprint density at radius 1 is 1.07 bits per heavy atom. The molecule has 0 atom stereocenters. The van der Waals surface area contributed by atoms with E-state index in [1.807, 2.05) is 48.7 Å². The van der Waals surface area contributed by atoms with Crippen molar-refractivity contribution >= 4 is 22.8 Å². The van der Waals surface area contributed by atoms with Gasteiger partial charge in [0.1, 0.15) is 6.54 Å². The third-order valence-corrected chi connectivity index (χ3v) is 4.99. The molecule has 5 nitrogen and oxygen atoms in total. The van der Waals surface area contributed by atoms with Gasteiger partial charge in [-0.3, -0.25) is 9.59 Å². The van der Waals surface area contributed by atoms with Gasteiger partial charge >= 0.3 is 5.97 Å². The zero-order valence-corrected chi connectivity index (χ0v) is 15.3. The largest absolute Gasteiger partial charge is 0.468 e. The Bertz CT molecular complexity index is 974. The second-order valence-corrected chi connectivity index (χ2v) is 6.91. The van der Waals surface area contributed by atoms with Crippen LogP contribution >= 0.6 is 0 Å². The highest BCUT2D eigenvalue weighted by atomic mass is 16.5. The lowest BCUT2D eigenvalue weighted by molar-refractivity contribution is -0.141. The molecule has 4 rings (SSSR count). The van der Waals surface area contributed by atoms with Crippen LogP contribution in [0.1, 0.15) is 28.8 Å². The molecule has 2 aromatic carbocycles. The van der Waals surface area contributed by atoms with Crippen molar-refractivity contribution in [3.63, 3.8) is 0 Å². The summed E-state index contributed by atoms with van der Waals surface area (Å²) in [6, 6.07) is 18.2. The number of hydrogen-bond acceptors (Lipinski definition) is 3. The van der Waals surface area contributed by atoms with Crippen molar-refractivity contribution in [2.24, 2.45) is 0 Å². The van der Waals surface area contributed by atoms with Gasteiger partial charge in [0.25, 0.3) is 5.91 Å². The number of methoxy groups -OCH3 is 1. The monoisotopic (exact) mass is 362 g/mol. The molecule has 1 saturated carbocycles. The second kappa shape index (κ2) is 7.27. The fourth-order valence-electron chi connectivity index (χ4n) is 3.44. The molecule has 0 unspecified atom stereocenters. The Balaban J connectivity index is 1.70. The molecule has 1 heterocycles. The van der Waals surface area contributed by atoms with E-state index in [0.717, 1.165) is 23.7 Å². The number of nitrogens with zero attached hydrogens (tertiary/aromatic N) is 2. The molecule has 5 heteroatoms. The number of hydrogen-bond donors (Lipinski definition) is 0. The Labute approximate surface area is 158 Å². The Kier molecular flexibility index (Phi) is 4.67. The molecule has 0 N–H and O–H groups in total. The molecule has 138 valence electrons. The predicted octanol–water partition coefficient (Wildman–Crippen LogP) is 3.47. The van der Waals surface area contributed by atoms with Crippen LogP contribution < -0.4 is 0 Å². The minimum atomic E-state index is -0.386. The van der Waals surface area contributed by atoms with E-state index in [-0.39, 0.29) is 24.5 Å². The third kappa shape index (κ3) is 3.58. The molecule has 1 aliphatic carbocycles. The average Bonchev–Trinajstić information content (AvgIpc) is 3.49. The SMILES string of the molecule is COC(=O)CN(C(=O)c1cn(Cc2ccccc2)c2ccccc12)C1CC1. The van der Waals surface area contributed by atoms with Gasteiger partial charge in [-0.15, -0.1) is 0 Å². The van der Waals surface area contributed by atoms with Crippen LogP contribution in [0.15, 0.2) is 60.8 Å². The first-order chi connectivity index (χ1) is 13.2. The maximum atomic E-state index is 13.3. The molecule has 0 radical (unpaired) electrons. The Hall–Kier alpha value is -3.08. The van der Waals surface area contributed by atoms with Crippen LogP contribution in [0.3, 0.4) is 0 Å². The van der Waals surface area contributed by atoms with Crippen LogP contribution in [0.2, 0.25) is 0 Å². The van der Waals surface area contributed by atoms with Crippen LogP contribution in [-0.2, 0) is 16.1 Å². The van der Waals surface area contributed by atoms with E-state index in [4.69, 9.17) is 4.74 Å². The summed E-state index contributed by atoms with van der Waals surface area (Å²) in [6.07, 6.45) is 3.78. The molecular formula is C22H22N2O3. The average molecular weight is 362 g/mol. The smallest absolute Gasteiger partial charge is 0.325 e. The van der Waals surface area contributed by atoms with Crippen molar-refractivity contribution in [3.05, 3.63) is 71.9 Å². The first kappa shape index (κ1) is 17.3. The lowest BCUT2D eigenvalue weighted by Gasteiger charge is -2.20. The van der Waals surface area contributed by atoms with Crippen molar-refractivity contribution < 1.29 is 14.3 Å². The summed E-state index contributed by atoms with van der Waals surface area (Å²) >= 11 is 0. The summed E-state index contributed by atoms with van der Waals surface area (Å²) in [5.41, 5.74) is 2.82. The van der Waals surface area contributed by atoms with E-state index in [0.29, 0.717) is 12.1 Å². The Morgan fingerprint density at radius 3 is 2.48 bits per heavy atom. The Morgan fingerprint density at radius 2 is 1.78 bits per heavy atom. The first-order valence-corrected chi connectivity index (χ1v) is 9.17. The number of para-hydroxylation sites is 1. The van der Waals surface area contributed by atoms with Crippen LogP contribution in [0.4, 0.5) is 0 Å². The molecule has 0 spiro atoms. The highest BCUT2D eigenvalue weighted by Gasteiger charge is 2.35. The number of aromatic nitrogens is 1. The highest BCUT2D eigenvalue weighted by molar-refractivity contribution is 6.07. The number of fused-ring (bicyclic) bond motifs is 1. The molecule has 0 saturated heterocycles. The fourth-order valence-corrected chi connectivity index (χ4v) is 3.44. The van der Waals surface area contributed by atoms with Crippen LogP contribution in [0.5, 0.6) is 0 Å². The van der Waals surface area contributed by atoms with Gasteiger partial charge in [-0.1, -0.05) is 48.5 Å². The van der Waals surface area contributed by atoms with Crippen LogP contribution in [-0.4, -0.2) is 41.0 Å². The summed E-state index contributed by atoms with van der Waals surface area (Å²) in [7, 11) is 1.35. The number of rotatable bonds is 6. The summed E-state index contributed by atoms with van der Waals surface area (Å²) in [5.74, 6) is -0.491. The van der Waals surface area contributed by atoms with E-state index < -0.39 is 0 Å². The van der Waals surface area contributed by atoms with Crippen molar-refractivity contribution in [3.8, 4) is 0 Å². The van der Waals surface area contributed by atoms with E-state index in [1.165, 1.54) is 12.7 Å². The van der Waals surface area contributed by atoms with Gasteiger partial charge in [-0.2, -0.15) is 0 Å². The van der Waals surface area contributed by atoms with Gasteiger partial charge in [0.05, 0.1) is 12.7 Å². The molecule has 1 aromatic heterocycles. The van der Waals surface area contributed by atoms with Crippen molar-refractivity contribution in [1.29, 1.82) is 0 Å². The van der Waals surface area contributed by atoms with Gasteiger partial charge in [0, 0.05) is 29.7 Å². The van der Waals surface area contributed by atoms with Crippen molar-refractivity contribution in [2.45, 2.75) is 25.4 Å². The molecule has 1 fully saturated rings. The molecule has 0 aliphatic heterocycles. The van der Waals surface area contributed by atoms with Crippen molar-refractivity contribution in [1.82, 2.24) is 9.47 Å². The summed E-state index contributed by atoms with van der Waals surface area (Å²) in [4.78, 5) is 26.7. The number of amides is 1. The van der Waals surface area contributed by atoms with Crippen LogP contribution in [0, 0.1) is 0 Å². The number of esters is 1. The number of benzene rings is 2. The number of ether oxygens (including phenoxy) is 1. The molecule has 0 bridgehead atoms. The second-order valence-electron chi connectivity index (χ2n) is 6.91. The highest BCUT2D eigenvalue weighted by Crippen LogP contribution is 2.31. The lowest BCUT2D eigenvalue weighted by atomic mass is 10.1. The summed E-state index contributed by atoms with van der Waals surface area (Å²) in [5, 5.41) is 0.911. The molecule has 1 amide bonds. The predicted molar refractivity (Wildman–Crippen MR) is 104 cm³/mol. The maximum Gasteiger partial charge on any atom is 0.325 e. The molecule has 3 aromatic rings. The molecule has 27 heavy (non-hydrogen) atoms. The van der Waals surface area contributed by atoms with E-state index in [9.17, 15) is 9.59 Å². The van der Waals surface area contributed by atoms with Gasteiger partial charge in [-0.05, 0) is 24.5 Å². The van der Waals surface area contributed by atoms with Crippen molar-refractivity contribution in [2.75, 3.05) is 13.7 Å². The third-order valence-electron chi connectivity index (χ3n) is 4.99.